The number of carbonyl (C=O) groups is 1. The molecule has 22 heavy (non-hydrogen) atoms. The number of aliphatic hydroxyl groups is 1. The summed E-state index contributed by atoms with van der Waals surface area (Å²) in [6.45, 7) is 6.14. The Labute approximate surface area is 132 Å². The number of hydrogen-bond donors (Lipinski definition) is 2. The third kappa shape index (κ3) is 3.42. The molecule has 1 heterocycles. The van der Waals surface area contributed by atoms with Crippen LogP contribution in [0.4, 0.5) is 4.79 Å². The first kappa shape index (κ1) is 16.8. The smallest absolute Gasteiger partial charge is 0.410 e. The molecule has 1 amide bonds. The number of likely N-dealkylation sites (tertiary alicyclic amines) is 1. The normalized spacial score (nSPS) is 21.5. The minimum Gasteiger partial charge on any atom is -0.444 e. The number of nitrogens with zero attached hydrogens (tertiary/aromatic N) is 1. The van der Waals surface area contributed by atoms with Crippen molar-refractivity contribution in [3.8, 4) is 0 Å². The highest BCUT2D eigenvalue weighted by Gasteiger charge is 2.46. The van der Waals surface area contributed by atoms with Crippen LogP contribution in [0.25, 0.3) is 0 Å². The average Bonchev–Trinajstić information content (AvgIpc) is 2.95. The van der Waals surface area contributed by atoms with Crippen molar-refractivity contribution >= 4 is 6.09 Å². The molecule has 0 spiro atoms. The van der Waals surface area contributed by atoms with E-state index in [1.54, 1.807) is 4.90 Å². The maximum Gasteiger partial charge on any atom is 0.410 e. The van der Waals surface area contributed by atoms with Crippen LogP contribution in [-0.4, -0.2) is 40.8 Å². The lowest BCUT2D eigenvalue weighted by molar-refractivity contribution is -0.0426. The van der Waals surface area contributed by atoms with E-state index in [1.165, 1.54) is 0 Å². The minimum absolute atomic E-state index is 0.0565. The molecule has 0 unspecified atom stereocenters. The summed E-state index contributed by atoms with van der Waals surface area (Å²) in [6.07, 6.45) is 1.15. The molecule has 0 aliphatic carbocycles. The number of ether oxygens (including phenoxy) is 1. The average molecular weight is 306 g/mol. The van der Waals surface area contributed by atoms with Crippen molar-refractivity contribution in [3.05, 3.63) is 35.9 Å². The largest absolute Gasteiger partial charge is 0.444 e. The Bertz CT molecular complexity index is 512. The van der Waals surface area contributed by atoms with Gasteiger partial charge in [-0.05, 0) is 39.2 Å². The molecule has 0 saturated carbocycles. The van der Waals surface area contributed by atoms with E-state index in [0.29, 0.717) is 13.0 Å². The van der Waals surface area contributed by atoms with Gasteiger partial charge >= 0.3 is 6.09 Å². The summed E-state index contributed by atoms with van der Waals surface area (Å²) in [5.74, 6) is 0. The fraction of sp³-hybridized carbons (Fsp3) is 0.588. The molecule has 1 aromatic carbocycles. The van der Waals surface area contributed by atoms with Gasteiger partial charge in [0.1, 0.15) is 11.2 Å². The second-order valence-electron chi connectivity index (χ2n) is 6.83. The van der Waals surface area contributed by atoms with Gasteiger partial charge in [-0.25, -0.2) is 4.79 Å². The van der Waals surface area contributed by atoms with E-state index in [4.69, 9.17) is 10.5 Å². The van der Waals surface area contributed by atoms with Crippen LogP contribution >= 0.6 is 0 Å². The molecule has 5 nitrogen and oxygen atoms in total. The maximum absolute atomic E-state index is 12.4. The van der Waals surface area contributed by atoms with Crippen molar-refractivity contribution < 1.29 is 14.6 Å². The summed E-state index contributed by atoms with van der Waals surface area (Å²) in [6, 6.07) is 8.94. The second kappa shape index (κ2) is 6.26. The summed E-state index contributed by atoms with van der Waals surface area (Å²) >= 11 is 0. The van der Waals surface area contributed by atoms with Gasteiger partial charge in [0, 0.05) is 13.1 Å². The van der Waals surface area contributed by atoms with Crippen molar-refractivity contribution in [2.24, 2.45) is 5.73 Å². The van der Waals surface area contributed by atoms with Gasteiger partial charge < -0.3 is 20.5 Å². The van der Waals surface area contributed by atoms with Crippen LogP contribution in [-0.2, 0) is 10.3 Å². The molecule has 0 bridgehead atoms. The molecular weight excluding hydrogens is 280 g/mol. The van der Waals surface area contributed by atoms with E-state index in [1.807, 2.05) is 51.1 Å². The molecular formula is C17H26N2O3. The fourth-order valence-electron chi connectivity index (χ4n) is 2.98. The highest BCUT2D eigenvalue weighted by atomic mass is 16.6. The molecule has 122 valence electrons. The summed E-state index contributed by atoms with van der Waals surface area (Å²) in [5.41, 5.74) is 4.80. The van der Waals surface area contributed by atoms with E-state index >= 15 is 0 Å². The first-order valence-corrected chi connectivity index (χ1v) is 7.75. The Morgan fingerprint density at radius 2 is 2.00 bits per heavy atom. The summed E-state index contributed by atoms with van der Waals surface area (Å²) in [5, 5.41) is 11.1. The molecule has 1 fully saturated rings. The number of rotatable bonds is 3. The first-order valence-electron chi connectivity index (χ1n) is 7.75. The Balaban J connectivity index is 2.26. The molecule has 2 atom stereocenters. The quantitative estimate of drug-likeness (QED) is 0.898. The van der Waals surface area contributed by atoms with Gasteiger partial charge in [-0.3, -0.25) is 0 Å². The first-order chi connectivity index (χ1) is 10.3. The lowest BCUT2D eigenvalue weighted by atomic mass is 9.85. The Hall–Kier alpha value is -1.59. The lowest BCUT2D eigenvalue weighted by Crippen LogP contribution is -2.54. The number of amides is 1. The predicted octanol–water partition coefficient (Wildman–Crippen LogP) is 2.23. The molecule has 0 radical (unpaired) electrons. The molecule has 3 N–H and O–H groups in total. The molecule has 2 rings (SSSR count). The van der Waals surface area contributed by atoms with Gasteiger partial charge in [0.15, 0.2) is 0 Å². The summed E-state index contributed by atoms with van der Waals surface area (Å²) < 4.78 is 5.46. The van der Waals surface area contributed by atoms with Crippen LogP contribution in [0.3, 0.4) is 0 Å². The van der Waals surface area contributed by atoms with Gasteiger partial charge in [-0.1, -0.05) is 30.3 Å². The number of hydrogen-bond acceptors (Lipinski definition) is 4. The Kier molecular flexibility index (Phi) is 4.78. The predicted molar refractivity (Wildman–Crippen MR) is 85.4 cm³/mol. The van der Waals surface area contributed by atoms with Gasteiger partial charge in [-0.15, -0.1) is 0 Å². The van der Waals surface area contributed by atoms with Gasteiger partial charge in [0.25, 0.3) is 0 Å². The van der Waals surface area contributed by atoms with Crippen molar-refractivity contribution in [3.63, 3.8) is 0 Å². The third-order valence-electron chi connectivity index (χ3n) is 4.02. The highest BCUT2D eigenvalue weighted by molar-refractivity contribution is 5.69. The lowest BCUT2D eigenvalue weighted by Gasteiger charge is -2.39. The van der Waals surface area contributed by atoms with Crippen LogP contribution in [0.1, 0.15) is 39.2 Å². The van der Waals surface area contributed by atoms with Crippen molar-refractivity contribution in [2.75, 3.05) is 13.1 Å². The van der Waals surface area contributed by atoms with E-state index in [9.17, 15) is 9.90 Å². The van der Waals surface area contributed by atoms with E-state index in [0.717, 1.165) is 12.0 Å². The standard InChI is InChI=1S/C17H26N2O3/c1-16(2,3)22-15(20)19-11-7-10-14(19)17(21,12-18)13-8-5-4-6-9-13/h4-6,8-9,14,21H,7,10-12,18H2,1-3H3/t14-,17+/m1/s1. The number of nitrogens with two attached hydrogens (primary N) is 1. The zero-order valence-electron chi connectivity index (χ0n) is 13.6. The summed E-state index contributed by atoms with van der Waals surface area (Å²) in [4.78, 5) is 14.0. The maximum atomic E-state index is 12.4. The highest BCUT2D eigenvalue weighted by Crippen LogP contribution is 2.35. The Morgan fingerprint density at radius 1 is 1.36 bits per heavy atom. The molecule has 0 aromatic heterocycles. The minimum atomic E-state index is -1.26. The van der Waals surface area contributed by atoms with Gasteiger partial charge in [-0.2, -0.15) is 0 Å². The molecule has 1 saturated heterocycles. The van der Waals surface area contributed by atoms with Gasteiger partial charge in [0.2, 0.25) is 0 Å². The van der Waals surface area contributed by atoms with E-state index in [2.05, 4.69) is 0 Å². The van der Waals surface area contributed by atoms with E-state index in [-0.39, 0.29) is 12.6 Å². The molecule has 1 aliphatic rings. The zero-order valence-corrected chi connectivity index (χ0v) is 13.6. The van der Waals surface area contributed by atoms with Crippen LogP contribution in [0, 0.1) is 0 Å². The Morgan fingerprint density at radius 3 is 2.55 bits per heavy atom. The molecule has 1 aliphatic heterocycles. The van der Waals surface area contributed by atoms with Crippen LogP contribution < -0.4 is 5.73 Å². The zero-order chi connectivity index (χ0) is 16.4. The molecule has 5 heteroatoms. The SMILES string of the molecule is CC(C)(C)OC(=O)N1CCC[C@@H]1[C@](O)(CN)c1ccccc1. The number of benzene rings is 1. The molecule has 1 aromatic rings. The monoisotopic (exact) mass is 306 g/mol. The second-order valence-corrected chi connectivity index (χ2v) is 6.83. The van der Waals surface area contributed by atoms with Crippen LogP contribution in [0.2, 0.25) is 0 Å². The van der Waals surface area contributed by atoms with Crippen molar-refractivity contribution in [1.29, 1.82) is 0 Å². The fourth-order valence-corrected chi connectivity index (χ4v) is 2.98. The number of carbonyl (C=O) groups excluding carboxylic acids is 1. The van der Waals surface area contributed by atoms with Crippen LogP contribution in [0.5, 0.6) is 0 Å². The van der Waals surface area contributed by atoms with Crippen molar-refractivity contribution in [1.82, 2.24) is 4.90 Å². The van der Waals surface area contributed by atoms with Gasteiger partial charge in [0.05, 0.1) is 6.04 Å². The van der Waals surface area contributed by atoms with E-state index < -0.39 is 17.3 Å². The third-order valence-corrected chi connectivity index (χ3v) is 4.02. The van der Waals surface area contributed by atoms with Crippen molar-refractivity contribution in [2.45, 2.75) is 50.9 Å². The summed E-state index contributed by atoms with van der Waals surface area (Å²) in [7, 11) is 0. The van der Waals surface area contributed by atoms with Crippen LogP contribution in [0.15, 0.2) is 30.3 Å². The topological polar surface area (TPSA) is 75.8 Å².